The van der Waals surface area contributed by atoms with Gasteiger partial charge in [-0.25, -0.2) is 4.79 Å². The third kappa shape index (κ3) is 8.34. The first-order valence-corrected chi connectivity index (χ1v) is 19.2. The van der Waals surface area contributed by atoms with Gasteiger partial charge in [0, 0.05) is 44.0 Å². The molecule has 13 atom stereocenters. The number of aliphatic hydroxyl groups excluding tert-OH is 1. The Morgan fingerprint density at radius 2 is 1.88 bits per heavy atom. The standard InChI is InChI=1S/C39H62N4O9/c1-10-29-39(7)31(42-36(47)52-39)24(3)14-13-23(2)19-38(6)33(25(4)32(45)37(5,15-17-48-38)35(46)50-29)51-34-30(44)28(43(8)9)18-27(49-34)22-41-21-26-12-11-16-40-20-26/h11-12,16,20,23-25,27-31,33-34,41,44H,10,13-15,17-19,21-22H2,1-9H3,(H,42,47)/t23-,24-,25-,27-,28-,29+,30+,31+,33+,34-,37-,38-,39+/m0/s1. The fraction of sp³-hybridized carbons (Fsp3) is 0.795. The smallest absolute Gasteiger partial charge is 0.408 e. The van der Waals surface area contributed by atoms with Gasteiger partial charge in [0.25, 0.3) is 0 Å². The van der Waals surface area contributed by atoms with E-state index in [2.05, 4.69) is 29.5 Å². The van der Waals surface area contributed by atoms with Crippen LogP contribution in [-0.4, -0.2) is 114 Å². The Labute approximate surface area is 309 Å². The van der Waals surface area contributed by atoms with Crippen molar-refractivity contribution in [3.05, 3.63) is 30.1 Å². The van der Waals surface area contributed by atoms with E-state index in [-0.39, 0.29) is 48.8 Å². The molecule has 1 aromatic rings. The molecule has 0 aromatic carbocycles. The molecule has 5 aliphatic heterocycles. The van der Waals surface area contributed by atoms with Crippen LogP contribution in [0.25, 0.3) is 0 Å². The topological polar surface area (TPSA) is 158 Å². The maximum Gasteiger partial charge on any atom is 0.408 e. The summed E-state index contributed by atoms with van der Waals surface area (Å²) in [6, 6.07) is 3.24. The maximum atomic E-state index is 14.7. The van der Waals surface area contributed by atoms with Crippen molar-refractivity contribution < 1.29 is 43.2 Å². The zero-order chi connectivity index (χ0) is 38.0. The summed E-state index contributed by atoms with van der Waals surface area (Å²) in [5.74, 6) is -1.69. The monoisotopic (exact) mass is 730 g/mol. The molecule has 5 saturated heterocycles. The minimum absolute atomic E-state index is 0.00511. The van der Waals surface area contributed by atoms with E-state index in [1.54, 1.807) is 20.0 Å². The van der Waals surface area contributed by atoms with Gasteiger partial charge in [0.1, 0.15) is 17.6 Å². The van der Waals surface area contributed by atoms with E-state index in [9.17, 15) is 19.5 Å². The molecular formula is C39H62N4O9. The number of alkyl carbamates (subject to hydrolysis) is 1. The van der Waals surface area contributed by atoms with Crippen LogP contribution in [0.1, 0.15) is 92.6 Å². The summed E-state index contributed by atoms with van der Waals surface area (Å²) in [7, 11) is 3.85. The summed E-state index contributed by atoms with van der Waals surface area (Å²) in [4.78, 5) is 47.8. The number of esters is 1. The number of aliphatic hydroxyl groups is 1. The summed E-state index contributed by atoms with van der Waals surface area (Å²) < 4.78 is 32.2. The second kappa shape index (κ2) is 16.4. The van der Waals surface area contributed by atoms with Crippen LogP contribution in [0.5, 0.6) is 0 Å². The van der Waals surface area contributed by atoms with E-state index < -0.39 is 59.2 Å². The number of pyridine rings is 1. The molecule has 6 heterocycles. The number of ether oxygens (including phenoxy) is 5. The van der Waals surface area contributed by atoms with Crippen LogP contribution in [0, 0.1) is 23.2 Å². The van der Waals surface area contributed by atoms with Crippen molar-refractivity contribution in [1.82, 2.24) is 20.5 Å². The largest absolute Gasteiger partial charge is 0.457 e. The molecule has 5 aliphatic rings. The number of hydrogen-bond donors (Lipinski definition) is 3. The van der Waals surface area contributed by atoms with Gasteiger partial charge in [-0.05, 0) is 90.4 Å². The van der Waals surface area contributed by atoms with Crippen LogP contribution < -0.4 is 10.6 Å². The van der Waals surface area contributed by atoms with Gasteiger partial charge in [-0.1, -0.05) is 40.2 Å². The predicted octanol–water partition coefficient (Wildman–Crippen LogP) is 4.00. The number of rotatable bonds is 8. The number of nitrogens with one attached hydrogen (secondary N) is 2. The number of ketones is 1. The molecule has 3 N–H and O–H groups in total. The highest BCUT2D eigenvalue weighted by atomic mass is 16.7. The van der Waals surface area contributed by atoms with Crippen LogP contribution in [0.15, 0.2) is 24.5 Å². The second-order valence-electron chi connectivity index (χ2n) is 16.7. The number of likely N-dealkylation sites (N-methyl/N-ethyl adjacent to an activating group) is 1. The molecule has 0 radical (unpaired) electrons. The molecular weight excluding hydrogens is 668 g/mol. The van der Waals surface area contributed by atoms with Crippen molar-refractivity contribution in [3.63, 3.8) is 0 Å². The van der Waals surface area contributed by atoms with E-state index in [4.69, 9.17) is 23.7 Å². The average molecular weight is 731 g/mol. The first-order valence-electron chi connectivity index (χ1n) is 19.2. The Bertz CT molecular complexity index is 1400. The summed E-state index contributed by atoms with van der Waals surface area (Å²) >= 11 is 0. The van der Waals surface area contributed by atoms with Gasteiger partial charge in [-0.3, -0.25) is 14.6 Å². The number of fused-ring (bicyclic) bond motifs is 10. The number of Topliss-reactive ketones (excluding diaryl/α,β-unsaturated/α-hetero) is 1. The molecule has 1 aromatic heterocycles. The third-order valence-electron chi connectivity index (χ3n) is 12.3. The summed E-state index contributed by atoms with van der Waals surface area (Å²) in [5, 5.41) is 18.2. The van der Waals surface area contributed by atoms with Gasteiger partial charge in [-0.2, -0.15) is 0 Å². The van der Waals surface area contributed by atoms with E-state index in [0.29, 0.717) is 32.4 Å². The Hall–Kier alpha value is -2.68. The van der Waals surface area contributed by atoms with Gasteiger partial charge < -0.3 is 44.3 Å². The van der Waals surface area contributed by atoms with Crippen molar-refractivity contribution in [2.75, 3.05) is 27.2 Å². The minimum atomic E-state index is -1.56. The Morgan fingerprint density at radius 1 is 1.13 bits per heavy atom. The molecule has 13 nitrogen and oxygen atoms in total. The van der Waals surface area contributed by atoms with Crippen LogP contribution in [0.4, 0.5) is 4.79 Å². The van der Waals surface area contributed by atoms with Crippen LogP contribution in [0.3, 0.4) is 0 Å². The number of nitrogens with zero attached hydrogens (tertiary/aromatic N) is 2. The molecule has 1 amide bonds. The molecule has 2 bridgehead atoms. The summed E-state index contributed by atoms with van der Waals surface area (Å²) in [6.45, 7) is 14.5. The van der Waals surface area contributed by atoms with Gasteiger partial charge in [0.2, 0.25) is 0 Å². The quantitative estimate of drug-likeness (QED) is 0.261. The summed E-state index contributed by atoms with van der Waals surface area (Å²) in [6.07, 6.45) is 2.23. The Kier molecular flexibility index (Phi) is 12.7. The Balaban J connectivity index is 1.46. The van der Waals surface area contributed by atoms with E-state index in [1.807, 2.05) is 58.1 Å². The number of carbonyl (C=O) groups is 3. The van der Waals surface area contributed by atoms with Crippen molar-refractivity contribution in [2.45, 2.75) is 148 Å². The summed E-state index contributed by atoms with van der Waals surface area (Å²) in [5.41, 5.74) is -2.59. The van der Waals surface area contributed by atoms with Gasteiger partial charge in [0.15, 0.2) is 17.7 Å². The molecule has 13 heteroatoms. The lowest BCUT2D eigenvalue weighted by molar-refractivity contribution is -0.301. The molecule has 52 heavy (non-hydrogen) atoms. The SMILES string of the molecule is CC[C@H]1OC(=O)[C@@]2(C)CCO[C@@](C)(C[C@@H](C)CC[C@H](C)[C@H]3NC(=O)O[C@@]31C)[C@H](O[C@@H]1O[C@H](CNCc3cccnc3)C[C@H](N(C)C)[C@H]1O)[C@@H](C)C2=O. The molecule has 0 aliphatic carbocycles. The van der Waals surface area contributed by atoms with Crippen LogP contribution in [-0.2, 0) is 39.8 Å². The second-order valence-corrected chi connectivity index (χ2v) is 16.7. The van der Waals surface area contributed by atoms with Crippen LogP contribution >= 0.6 is 0 Å². The van der Waals surface area contributed by atoms with Gasteiger partial charge in [-0.15, -0.1) is 0 Å². The van der Waals surface area contributed by atoms with E-state index in [0.717, 1.165) is 18.4 Å². The van der Waals surface area contributed by atoms with E-state index >= 15 is 0 Å². The van der Waals surface area contributed by atoms with Gasteiger partial charge in [0.05, 0.1) is 23.9 Å². The van der Waals surface area contributed by atoms with Crippen molar-refractivity contribution in [3.8, 4) is 0 Å². The number of hydrogen-bond acceptors (Lipinski definition) is 12. The minimum Gasteiger partial charge on any atom is -0.457 e. The highest BCUT2D eigenvalue weighted by Gasteiger charge is 2.58. The van der Waals surface area contributed by atoms with Gasteiger partial charge >= 0.3 is 12.1 Å². The molecule has 0 spiro atoms. The highest BCUT2D eigenvalue weighted by molar-refractivity contribution is 6.04. The van der Waals surface area contributed by atoms with Crippen molar-refractivity contribution in [1.29, 1.82) is 0 Å². The number of aromatic nitrogens is 1. The average Bonchev–Trinajstić information content (AvgIpc) is 3.42. The Morgan fingerprint density at radius 3 is 2.56 bits per heavy atom. The number of carbonyl (C=O) groups excluding carboxylic acids is 3. The number of amides is 1. The lowest BCUT2D eigenvalue weighted by Gasteiger charge is -2.49. The maximum absolute atomic E-state index is 14.7. The predicted molar refractivity (Wildman–Crippen MR) is 193 cm³/mol. The molecule has 0 unspecified atom stereocenters. The lowest BCUT2D eigenvalue weighted by atomic mass is 9.70. The lowest BCUT2D eigenvalue weighted by Crippen LogP contribution is -2.62. The fourth-order valence-corrected chi connectivity index (χ4v) is 9.11. The van der Waals surface area contributed by atoms with Crippen molar-refractivity contribution in [2.24, 2.45) is 23.2 Å². The van der Waals surface area contributed by atoms with Crippen molar-refractivity contribution >= 4 is 17.8 Å². The first kappa shape index (κ1) is 40.5. The molecule has 5 fully saturated rings. The highest BCUT2D eigenvalue weighted by Crippen LogP contribution is 2.44. The third-order valence-corrected chi connectivity index (χ3v) is 12.3. The zero-order valence-electron chi connectivity index (χ0n) is 32.6. The normalized spacial score (nSPS) is 42.0. The molecule has 292 valence electrons. The molecule has 6 rings (SSSR count). The first-order chi connectivity index (χ1) is 24.5. The van der Waals surface area contributed by atoms with Crippen LogP contribution in [0.2, 0.25) is 0 Å². The van der Waals surface area contributed by atoms with E-state index in [1.165, 1.54) is 0 Å². The molecule has 0 saturated carbocycles. The zero-order valence-corrected chi connectivity index (χ0v) is 32.6. The fourth-order valence-electron chi connectivity index (χ4n) is 9.11.